The first-order chi connectivity index (χ1) is 12.9. The fourth-order valence-electron chi connectivity index (χ4n) is 2.75. The quantitative estimate of drug-likeness (QED) is 0.687. The van der Waals surface area contributed by atoms with Crippen LogP contribution >= 0.6 is 0 Å². The van der Waals surface area contributed by atoms with Crippen LogP contribution in [-0.2, 0) is 13.0 Å². The Bertz CT molecular complexity index is 1050. The fraction of sp³-hybridized carbons (Fsp3) is 0.250. The lowest BCUT2D eigenvalue weighted by Crippen LogP contribution is -2.21. The molecule has 0 radical (unpaired) electrons. The first kappa shape index (κ1) is 18.7. The van der Waals surface area contributed by atoms with Crippen LogP contribution in [0.5, 0.6) is 5.75 Å². The zero-order chi connectivity index (χ0) is 19.6. The summed E-state index contributed by atoms with van der Waals surface area (Å²) in [6, 6.07) is 5.66. The molecule has 0 bridgehead atoms. The van der Waals surface area contributed by atoms with Gasteiger partial charge >= 0.3 is 0 Å². The summed E-state index contributed by atoms with van der Waals surface area (Å²) >= 11 is 0. The monoisotopic (exact) mass is 371 g/mol. The standard InChI is InChI=1S/C20H19F2N3O2/c1-4-15-7-19(12(2)9-23-15)25-13(3)5-16(8-20(25)26)27-11-18-17(22)6-14(21)10-24-18/h5-10H,4,11H2,1-3H3. The van der Waals surface area contributed by atoms with E-state index in [4.69, 9.17) is 4.74 Å². The van der Waals surface area contributed by atoms with Crippen LogP contribution in [0.2, 0.25) is 0 Å². The molecule has 0 N–H and O–H groups in total. The van der Waals surface area contributed by atoms with Gasteiger partial charge in [0.25, 0.3) is 5.56 Å². The Hall–Kier alpha value is -3.09. The van der Waals surface area contributed by atoms with E-state index < -0.39 is 11.6 Å². The predicted octanol–water partition coefficient (Wildman–Crippen LogP) is 3.66. The molecule has 0 saturated carbocycles. The third kappa shape index (κ3) is 4.02. The number of hydrogen-bond acceptors (Lipinski definition) is 4. The molecule has 0 fully saturated rings. The zero-order valence-corrected chi connectivity index (χ0v) is 15.3. The number of ether oxygens (including phenoxy) is 1. The maximum Gasteiger partial charge on any atom is 0.259 e. The minimum Gasteiger partial charge on any atom is -0.487 e. The summed E-state index contributed by atoms with van der Waals surface area (Å²) in [5, 5.41) is 0. The molecule has 0 aliphatic rings. The molecular weight excluding hydrogens is 352 g/mol. The summed E-state index contributed by atoms with van der Waals surface area (Å²) in [6.45, 7) is 5.47. The highest BCUT2D eigenvalue weighted by molar-refractivity contribution is 5.43. The normalized spacial score (nSPS) is 10.9. The third-order valence-electron chi connectivity index (χ3n) is 4.18. The van der Waals surface area contributed by atoms with Crippen molar-refractivity contribution < 1.29 is 13.5 Å². The Labute approximate surface area is 155 Å². The zero-order valence-electron chi connectivity index (χ0n) is 15.3. The molecule has 0 unspecified atom stereocenters. The molecule has 0 spiro atoms. The molecule has 140 valence electrons. The minimum absolute atomic E-state index is 0.0317. The SMILES string of the molecule is CCc1cc(-n2c(C)cc(OCc3ncc(F)cc3F)cc2=O)c(C)cn1. The van der Waals surface area contributed by atoms with E-state index in [0.29, 0.717) is 11.4 Å². The lowest BCUT2D eigenvalue weighted by molar-refractivity contribution is 0.292. The van der Waals surface area contributed by atoms with E-state index in [-0.39, 0.29) is 17.9 Å². The van der Waals surface area contributed by atoms with Crippen LogP contribution in [0.1, 0.15) is 29.6 Å². The van der Waals surface area contributed by atoms with E-state index in [2.05, 4.69) is 9.97 Å². The Morgan fingerprint density at radius 3 is 2.52 bits per heavy atom. The van der Waals surface area contributed by atoms with Gasteiger partial charge in [-0.15, -0.1) is 0 Å². The van der Waals surface area contributed by atoms with E-state index in [1.807, 2.05) is 19.9 Å². The first-order valence-corrected chi connectivity index (χ1v) is 8.51. The number of aryl methyl sites for hydroxylation is 3. The van der Waals surface area contributed by atoms with Gasteiger partial charge in [0.2, 0.25) is 0 Å². The van der Waals surface area contributed by atoms with Gasteiger partial charge in [-0.1, -0.05) is 6.92 Å². The number of nitrogens with zero attached hydrogens (tertiary/aromatic N) is 3. The van der Waals surface area contributed by atoms with Crippen molar-refractivity contribution in [2.75, 3.05) is 0 Å². The van der Waals surface area contributed by atoms with Crippen molar-refractivity contribution in [1.82, 2.24) is 14.5 Å². The first-order valence-electron chi connectivity index (χ1n) is 8.51. The number of hydrogen-bond donors (Lipinski definition) is 0. The summed E-state index contributed by atoms with van der Waals surface area (Å²) < 4.78 is 33.6. The van der Waals surface area contributed by atoms with Crippen molar-refractivity contribution in [3.8, 4) is 11.4 Å². The molecule has 7 heteroatoms. The molecule has 0 atom stereocenters. The number of halogens is 2. The van der Waals surface area contributed by atoms with Gasteiger partial charge in [0, 0.05) is 35.8 Å². The molecule has 5 nitrogen and oxygen atoms in total. The van der Waals surface area contributed by atoms with Crippen LogP contribution in [0.3, 0.4) is 0 Å². The van der Waals surface area contributed by atoms with Crippen molar-refractivity contribution in [1.29, 1.82) is 0 Å². The summed E-state index contributed by atoms with van der Waals surface area (Å²) in [6.07, 6.45) is 3.43. The van der Waals surface area contributed by atoms with Gasteiger partial charge < -0.3 is 4.74 Å². The van der Waals surface area contributed by atoms with Crippen LogP contribution in [0.25, 0.3) is 5.69 Å². The number of rotatable bonds is 5. The maximum absolute atomic E-state index is 13.7. The van der Waals surface area contributed by atoms with Gasteiger partial charge in [0.05, 0.1) is 11.9 Å². The second kappa shape index (κ2) is 7.65. The summed E-state index contributed by atoms with van der Waals surface area (Å²) in [5.41, 5.74) is 2.90. The molecule has 0 aliphatic carbocycles. The van der Waals surface area contributed by atoms with Gasteiger partial charge in [-0.3, -0.25) is 19.3 Å². The highest BCUT2D eigenvalue weighted by Crippen LogP contribution is 2.19. The van der Waals surface area contributed by atoms with Gasteiger partial charge in [-0.05, 0) is 31.9 Å². The van der Waals surface area contributed by atoms with Crippen LogP contribution in [0.4, 0.5) is 8.78 Å². The van der Waals surface area contributed by atoms with Gasteiger partial charge in [-0.25, -0.2) is 8.78 Å². The lowest BCUT2D eigenvalue weighted by atomic mass is 10.2. The van der Waals surface area contributed by atoms with E-state index in [1.54, 1.807) is 23.8 Å². The summed E-state index contributed by atoms with van der Waals surface area (Å²) in [4.78, 5) is 20.7. The van der Waals surface area contributed by atoms with Crippen molar-refractivity contribution in [3.63, 3.8) is 0 Å². The van der Waals surface area contributed by atoms with Crippen molar-refractivity contribution in [2.45, 2.75) is 33.8 Å². The van der Waals surface area contributed by atoms with Gasteiger partial charge in [0.15, 0.2) is 5.82 Å². The van der Waals surface area contributed by atoms with Crippen molar-refractivity contribution in [3.05, 3.63) is 81.3 Å². The van der Waals surface area contributed by atoms with Crippen molar-refractivity contribution in [2.24, 2.45) is 0 Å². The topological polar surface area (TPSA) is 57.0 Å². The molecule has 3 aromatic rings. The summed E-state index contributed by atoms with van der Waals surface area (Å²) in [7, 11) is 0. The van der Waals surface area contributed by atoms with Crippen LogP contribution in [0.15, 0.2) is 41.5 Å². The van der Waals surface area contributed by atoms with Gasteiger partial charge in [0.1, 0.15) is 23.9 Å². The Morgan fingerprint density at radius 1 is 1.07 bits per heavy atom. The van der Waals surface area contributed by atoms with E-state index in [1.165, 1.54) is 6.07 Å². The molecule has 3 rings (SSSR count). The smallest absolute Gasteiger partial charge is 0.259 e. The predicted molar refractivity (Wildman–Crippen MR) is 97.2 cm³/mol. The molecule has 3 aromatic heterocycles. The highest BCUT2D eigenvalue weighted by atomic mass is 19.1. The molecular formula is C20H19F2N3O2. The third-order valence-corrected chi connectivity index (χ3v) is 4.18. The average Bonchev–Trinajstić information content (AvgIpc) is 2.62. The Kier molecular flexibility index (Phi) is 5.30. The summed E-state index contributed by atoms with van der Waals surface area (Å²) in [5.74, 6) is -1.25. The number of pyridine rings is 3. The lowest BCUT2D eigenvalue weighted by Gasteiger charge is -2.15. The Morgan fingerprint density at radius 2 is 1.85 bits per heavy atom. The van der Waals surface area contributed by atoms with Crippen LogP contribution in [-0.4, -0.2) is 14.5 Å². The maximum atomic E-state index is 13.7. The molecule has 0 amide bonds. The number of aromatic nitrogens is 3. The van der Waals surface area contributed by atoms with Crippen molar-refractivity contribution >= 4 is 0 Å². The van der Waals surface area contributed by atoms with Crippen LogP contribution in [0, 0.1) is 25.5 Å². The second-order valence-electron chi connectivity index (χ2n) is 6.19. The fourth-order valence-corrected chi connectivity index (χ4v) is 2.75. The molecule has 27 heavy (non-hydrogen) atoms. The van der Waals surface area contributed by atoms with E-state index in [0.717, 1.165) is 35.6 Å². The van der Waals surface area contributed by atoms with E-state index >= 15 is 0 Å². The van der Waals surface area contributed by atoms with Crippen LogP contribution < -0.4 is 10.3 Å². The highest BCUT2D eigenvalue weighted by Gasteiger charge is 2.12. The molecule has 3 heterocycles. The molecule has 0 aromatic carbocycles. The average molecular weight is 371 g/mol. The van der Waals surface area contributed by atoms with Gasteiger partial charge in [-0.2, -0.15) is 0 Å². The van der Waals surface area contributed by atoms with E-state index in [9.17, 15) is 13.6 Å². The molecule has 0 aliphatic heterocycles. The minimum atomic E-state index is -0.792. The largest absolute Gasteiger partial charge is 0.487 e. The molecule has 0 saturated heterocycles. The Balaban J connectivity index is 1.90. The second-order valence-corrected chi connectivity index (χ2v) is 6.19.